The van der Waals surface area contributed by atoms with Crippen molar-refractivity contribution in [2.45, 2.75) is 52.6 Å². The summed E-state index contributed by atoms with van der Waals surface area (Å²) in [5.41, 5.74) is 3.72. The third-order valence-electron chi connectivity index (χ3n) is 7.73. The maximum Gasteiger partial charge on any atom is 0.338 e. The molecule has 2 atom stereocenters. The highest BCUT2D eigenvalue weighted by atomic mass is 35.5. The van der Waals surface area contributed by atoms with Gasteiger partial charge in [0.2, 0.25) is 5.91 Å². The number of hydrogen-bond acceptors (Lipinski definition) is 5. The Bertz CT molecular complexity index is 1180. The maximum atomic E-state index is 13.1. The first-order valence-corrected chi connectivity index (χ1v) is 14.5. The molecule has 0 aromatic heterocycles. The number of anilines is 1. The molecule has 2 aromatic carbocycles. The fourth-order valence-electron chi connectivity index (χ4n) is 5.35. The fraction of sp³-hybridized carbons (Fsp3) is 0.500. The minimum atomic E-state index is -0.330. The number of carbonyl (C=O) groups is 2. The molecular weight excluding hydrogens is 512 g/mol. The second kappa shape index (κ2) is 13.4. The van der Waals surface area contributed by atoms with E-state index < -0.39 is 0 Å². The smallest absolute Gasteiger partial charge is 0.338 e. The highest BCUT2D eigenvalue weighted by molar-refractivity contribution is 6.30. The van der Waals surface area contributed by atoms with Gasteiger partial charge in [-0.2, -0.15) is 0 Å². The van der Waals surface area contributed by atoms with Gasteiger partial charge in [-0.25, -0.2) is 4.79 Å². The van der Waals surface area contributed by atoms with Crippen LogP contribution in [0.1, 0.15) is 61.0 Å². The van der Waals surface area contributed by atoms with Gasteiger partial charge in [0.05, 0.1) is 17.9 Å². The SMILES string of the molecule is C=CCN(C)C(=O)[C@@H]1CC[C@H]1CN1CCCCc2cc(Cl)ccc2COc2ccc(C(=O)OCC(C)C)cc21. The molecule has 0 spiro atoms. The molecule has 1 aliphatic carbocycles. The second-order valence-corrected chi connectivity index (χ2v) is 11.7. The first-order valence-electron chi connectivity index (χ1n) is 14.1. The van der Waals surface area contributed by atoms with Gasteiger partial charge in [-0.3, -0.25) is 4.79 Å². The predicted molar refractivity (Wildman–Crippen MR) is 157 cm³/mol. The molecule has 0 bridgehead atoms. The van der Waals surface area contributed by atoms with Crippen molar-refractivity contribution in [3.05, 3.63) is 70.8 Å². The van der Waals surface area contributed by atoms with Crippen LogP contribution in [-0.4, -0.2) is 50.1 Å². The summed E-state index contributed by atoms with van der Waals surface area (Å²) in [4.78, 5) is 30.0. The van der Waals surface area contributed by atoms with E-state index >= 15 is 0 Å². The van der Waals surface area contributed by atoms with Crippen LogP contribution in [0.15, 0.2) is 49.1 Å². The molecule has 0 saturated heterocycles. The Morgan fingerprint density at radius 1 is 1.18 bits per heavy atom. The number of aryl methyl sites for hydroxylation is 1. The number of halogens is 1. The Morgan fingerprint density at radius 2 is 2.00 bits per heavy atom. The molecule has 4 rings (SSSR count). The summed E-state index contributed by atoms with van der Waals surface area (Å²) in [6.45, 7) is 10.7. The van der Waals surface area contributed by atoms with Crippen LogP contribution in [-0.2, 0) is 22.6 Å². The summed E-state index contributed by atoms with van der Waals surface area (Å²) in [6.07, 6.45) is 6.57. The van der Waals surface area contributed by atoms with Gasteiger partial charge in [-0.15, -0.1) is 6.58 Å². The highest BCUT2D eigenvalue weighted by Gasteiger charge is 2.39. The molecule has 1 amide bonds. The molecule has 39 heavy (non-hydrogen) atoms. The zero-order chi connectivity index (χ0) is 27.9. The van der Waals surface area contributed by atoms with Crippen molar-refractivity contribution in [2.75, 3.05) is 38.2 Å². The molecule has 210 valence electrons. The van der Waals surface area contributed by atoms with Crippen LogP contribution < -0.4 is 9.64 Å². The summed E-state index contributed by atoms with van der Waals surface area (Å²) in [5.74, 6) is 1.08. The monoisotopic (exact) mass is 552 g/mol. The summed E-state index contributed by atoms with van der Waals surface area (Å²) in [6, 6.07) is 11.5. The number of amides is 1. The minimum absolute atomic E-state index is 0.00286. The van der Waals surface area contributed by atoms with E-state index in [4.69, 9.17) is 21.1 Å². The van der Waals surface area contributed by atoms with Gasteiger partial charge >= 0.3 is 5.97 Å². The summed E-state index contributed by atoms with van der Waals surface area (Å²) < 4.78 is 11.9. The van der Waals surface area contributed by atoms with Crippen molar-refractivity contribution >= 4 is 29.2 Å². The van der Waals surface area contributed by atoms with E-state index in [1.54, 1.807) is 17.0 Å². The largest absolute Gasteiger partial charge is 0.487 e. The lowest BCUT2D eigenvalue weighted by Crippen LogP contribution is -2.46. The highest BCUT2D eigenvalue weighted by Crippen LogP contribution is 2.39. The number of hydrogen-bond donors (Lipinski definition) is 0. The lowest BCUT2D eigenvalue weighted by atomic mass is 9.72. The van der Waals surface area contributed by atoms with Gasteiger partial charge in [0.15, 0.2) is 0 Å². The molecule has 2 aromatic rings. The number of carbonyl (C=O) groups excluding carboxylic acids is 2. The summed E-state index contributed by atoms with van der Waals surface area (Å²) >= 11 is 6.30. The van der Waals surface area contributed by atoms with Crippen molar-refractivity contribution in [3.63, 3.8) is 0 Å². The molecule has 6 nitrogen and oxygen atoms in total. The third kappa shape index (κ3) is 7.36. The van der Waals surface area contributed by atoms with Gasteiger partial charge in [0.25, 0.3) is 0 Å². The van der Waals surface area contributed by atoms with E-state index in [-0.39, 0.29) is 29.6 Å². The Hall–Kier alpha value is -2.99. The number of benzene rings is 2. The van der Waals surface area contributed by atoms with Gasteiger partial charge < -0.3 is 19.3 Å². The first-order chi connectivity index (χ1) is 18.8. The summed E-state index contributed by atoms with van der Waals surface area (Å²) in [7, 11) is 1.84. The zero-order valence-electron chi connectivity index (χ0n) is 23.5. The zero-order valence-corrected chi connectivity index (χ0v) is 24.2. The first kappa shape index (κ1) is 29.0. The number of fused-ring (bicyclic) bond motifs is 2. The van der Waals surface area contributed by atoms with Crippen molar-refractivity contribution in [1.82, 2.24) is 4.90 Å². The average molecular weight is 553 g/mol. The molecule has 0 radical (unpaired) electrons. The maximum absolute atomic E-state index is 13.1. The Morgan fingerprint density at radius 3 is 2.72 bits per heavy atom. The Kier molecular flexibility index (Phi) is 9.95. The number of nitrogens with zero attached hydrogens (tertiary/aromatic N) is 2. The van der Waals surface area contributed by atoms with E-state index in [2.05, 4.69) is 11.5 Å². The molecule has 7 heteroatoms. The number of likely N-dealkylation sites (N-methyl/N-ethyl adjacent to an activating group) is 1. The third-order valence-corrected chi connectivity index (χ3v) is 7.96. The topological polar surface area (TPSA) is 59.1 Å². The van der Waals surface area contributed by atoms with Gasteiger partial charge in [-0.1, -0.05) is 37.6 Å². The number of ether oxygens (including phenoxy) is 2. The van der Waals surface area contributed by atoms with Crippen LogP contribution in [0.2, 0.25) is 5.02 Å². The second-order valence-electron chi connectivity index (χ2n) is 11.2. The van der Waals surface area contributed by atoms with Crippen LogP contribution in [0.25, 0.3) is 0 Å². The lowest BCUT2D eigenvalue weighted by Gasteiger charge is -2.41. The fourth-order valence-corrected chi connectivity index (χ4v) is 5.55. The quantitative estimate of drug-likeness (QED) is 0.275. The van der Waals surface area contributed by atoms with Crippen LogP contribution in [0.5, 0.6) is 5.75 Å². The standard InChI is InChI=1S/C32H41ClN2O4/c1-5-15-34(4)31(36)28-13-10-25(28)19-35-16-7-6-8-23-17-27(33)12-9-26(23)21-38-30-14-11-24(18-29(30)35)32(37)39-20-22(2)3/h5,9,11-12,14,17-18,22,25,28H,1,6-8,10,13,15-16,19-21H2,2-4H3/t25-,28+/m0/s1. The van der Waals surface area contributed by atoms with E-state index in [0.29, 0.717) is 25.3 Å². The lowest BCUT2D eigenvalue weighted by molar-refractivity contribution is -0.139. The molecule has 1 aliphatic heterocycles. The molecule has 1 saturated carbocycles. The number of esters is 1. The van der Waals surface area contributed by atoms with Crippen molar-refractivity contribution in [2.24, 2.45) is 17.8 Å². The summed E-state index contributed by atoms with van der Waals surface area (Å²) in [5, 5.41) is 0.734. The average Bonchev–Trinajstić information content (AvgIpc) is 2.92. The molecule has 0 N–H and O–H groups in total. The molecule has 1 fully saturated rings. The molecule has 2 aliphatic rings. The van der Waals surface area contributed by atoms with Crippen LogP contribution in [0, 0.1) is 17.8 Å². The van der Waals surface area contributed by atoms with E-state index in [1.807, 2.05) is 51.2 Å². The number of rotatable bonds is 8. The van der Waals surface area contributed by atoms with E-state index in [0.717, 1.165) is 67.2 Å². The predicted octanol–water partition coefficient (Wildman–Crippen LogP) is 6.55. The molecular formula is C32H41ClN2O4. The van der Waals surface area contributed by atoms with Crippen LogP contribution >= 0.6 is 11.6 Å². The molecule has 0 unspecified atom stereocenters. The van der Waals surface area contributed by atoms with Crippen molar-refractivity contribution < 1.29 is 19.1 Å². The van der Waals surface area contributed by atoms with Crippen molar-refractivity contribution in [3.8, 4) is 5.75 Å². The Labute approximate surface area is 237 Å². The van der Waals surface area contributed by atoms with Crippen LogP contribution in [0.3, 0.4) is 0 Å². The van der Waals surface area contributed by atoms with Crippen LogP contribution in [0.4, 0.5) is 5.69 Å². The van der Waals surface area contributed by atoms with Gasteiger partial charge in [0, 0.05) is 37.6 Å². The van der Waals surface area contributed by atoms with E-state index in [9.17, 15) is 9.59 Å². The van der Waals surface area contributed by atoms with E-state index in [1.165, 1.54) is 5.56 Å². The van der Waals surface area contributed by atoms with Crippen molar-refractivity contribution in [1.29, 1.82) is 0 Å². The normalized spacial score (nSPS) is 19.1. The van der Waals surface area contributed by atoms with Gasteiger partial charge in [0.1, 0.15) is 12.4 Å². The molecule has 1 heterocycles. The van der Waals surface area contributed by atoms with Gasteiger partial charge in [-0.05, 0) is 85.4 Å². The Balaban J connectivity index is 1.63. The minimum Gasteiger partial charge on any atom is -0.487 e.